The van der Waals surface area contributed by atoms with Gasteiger partial charge in [-0.05, 0) is 43.4 Å². The van der Waals surface area contributed by atoms with Crippen molar-refractivity contribution in [1.82, 2.24) is 9.62 Å². The van der Waals surface area contributed by atoms with E-state index in [2.05, 4.69) is 5.32 Å². The molecule has 0 amide bonds. The Morgan fingerprint density at radius 1 is 1.14 bits per heavy atom. The molecule has 0 radical (unpaired) electrons. The molecule has 1 aromatic rings. The van der Waals surface area contributed by atoms with Crippen molar-refractivity contribution in [3.63, 3.8) is 0 Å². The third-order valence-electron chi connectivity index (χ3n) is 4.80. The van der Waals surface area contributed by atoms with Crippen molar-refractivity contribution in [2.75, 3.05) is 26.2 Å². The van der Waals surface area contributed by atoms with Crippen LogP contribution in [-0.4, -0.2) is 43.8 Å². The molecule has 1 aromatic carbocycles. The molecule has 0 aromatic heterocycles. The molecular weight excluding hydrogens is 306 g/mol. The molecule has 3 rings (SSSR count). The monoisotopic (exact) mass is 325 g/mol. The van der Waals surface area contributed by atoms with Crippen LogP contribution in [0, 0.1) is 15.5 Å². The summed E-state index contributed by atoms with van der Waals surface area (Å²) >= 11 is 0. The molecule has 120 valence electrons. The van der Waals surface area contributed by atoms with Crippen LogP contribution in [0.1, 0.15) is 19.3 Å². The van der Waals surface area contributed by atoms with Gasteiger partial charge in [0.15, 0.2) is 0 Å². The number of nitrogens with zero attached hydrogens (tertiary/aromatic N) is 2. The van der Waals surface area contributed by atoms with Crippen LogP contribution < -0.4 is 5.32 Å². The highest BCUT2D eigenvalue weighted by Crippen LogP contribution is 2.38. The lowest BCUT2D eigenvalue weighted by atomic mass is 9.78. The average molecular weight is 325 g/mol. The Hall–Kier alpha value is -1.51. The summed E-state index contributed by atoms with van der Waals surface area (Å²) in [4.78, 5) is 10.2. The zero-order chi connectivity index (χ0) is 15.8. The molecule has 2 saturated heterocycles. The summed E-state index contributed by atoms with van der Waals surface area (Å²) in [6.45, 7) is 3.01. The zero-order valence-corrected chi connectivity index (χ0v) is 13.0. The third kappa shape index (κ3) is 2.73. The molecular formula is C14H19N3O4S. The molecule has 0 aliphatic carbocycles. The fourth-order valence-corrected chi connectivity index (χ4v) is 4.75. The number of piperidine rings is 1. The Kier molecular flexibility index (Phi) is 3.92. The fraction of sp³-hybridized carbons (Fsp3) is 0.571. The standard InChI is InChI=1S/C14H19N3O4S/c18-17(19)12-1-3-13(4-2-12)22(20,21)16-9-6-14(7-10-16)5-8-15-11-14/h1-4,15H,5-11H2. The van der Waals surface area contributed by atoms with E-state index in [0.717, 1.165) is 32.4 Å². The maximum atomic E-state index is 12.6. The molecule has 0 unspecified atom stereocenters. The van der Waals surface area contributed by atoms with Crippen molar-refractivity contribution < 1.29 is 13.3 Å². The van der Waals surface area contributed by atoms with Crippen LogP contribution in [0.15, 0.2) is 29.2 Å². The van der Waals surface area contributed by atoms with Crippen molar-refractivity contribution in [3.05, 3.63) is 34.4 Å². The summed E-state index contributed by atoms with van der Waals surface area (Å²) in [5, 5.41) is 14.0. The van der Waals surface area contributed by atoms with E-state index >= 15 is 0 Å². The van der Waals surface area contributed by atoms with Crippen LogP contribution in [0.3, 0.4) is 0 Å². The van der Waals surface area contributed by atoms with Gasteiger partial charge in [-0.2, -0.15) is 4.31 Å². The van der Waals surface area contributed by atoms with Gasteiger partial charge in [-0.25, -0.2) is 8.42 Å². The summed E-state index contributed by atoms with van der Waals surface area (Å²) in [6, 6.07) is 5.10. The minimum atomic E-state index is -3.56. The van der Waals surface area contributed by atoms with Gasteiger partial charge in [0, 0.05) is 31.8 Å². The minimum Gasteiger partial charge on any atom is -0.316 e. The molecule has 2 aliphatic rings. The smallest absolute Gasteiger partial charge is 0.269 e. The van der Waals surface area contributed by atoms with Gasteiger partial charge in [0.1, 0.15) is 0 Å². The number of sulfonamides is 1. The van der Waals surface area contributed by atoms with Gasteiger partial charge in [-0.15, -0.1) is 0 Å². The molecule has 1 N–H and O–H groups in total. The van der Waals surface area contributed by atoms with Crippen LogP contribution >= 0.6 is 0 Å². The Labute approximate surface area is 129 Å². The second-order valence-electron chi connectivity index (χ2n) is 6.08. The van der Waals surface area contributed by atoms with Crippen molar-refractivity contribution >= 4 is 15.7 Å². The third-order valence-corrected chi connectivity index (χ3v) is 6.71. The Morgan fingerprint density at radius 3 is 2.27 bits per heavy atom. The normalized spacial score (nSPS) is 22.0. The molecule has 0 atom stereocenters. The molecule has 22 heavy (non-hydrogen) atoms. The second kappa shape index (κ2) is 5.60. The summed E-state index contributed by atoms with van der Waals surface area (Å²) in [6.07, 6.45) is 2.84. The quantitative estimate of drug-likeness (QED) is 0.669. The molecule has 8 heteroatoms. The van der Waals surface area contributed by atoms with Crippen LogP contribution in [0.4, 0.5) is 5.69 Å². The summed E-state index contributed by atoms with van der Waals surface area (Å²) in [5.74, 6) is 0. The Bertz CT molecular complexity index is 656. The second-order valence-corrected chi connectivity index (χ2v) is 8.02. The molecule has 7 nitrogen and oxygen atoms in total. The SMILES string of the molecule is O=[N+]([O-])c1ccc(S(=O)(=O)N2CCC3(CCNC3)CC2)cc1. The van der Waals surface area contributed by atoms with Gasteiger partial charge in [-0.1, -0.05) is 0 Å². The molecule has 2 aliphatic heterocycles. The molecule has 0 bridgehead atoms. The van der Waals surface area contributed by atoms with E-state index in [1.54, 1.807) is 0 Å². The Balaban J connectivity index is 1.74. The largest absolute Gasteiger partial charge is 0.316 e. The van der Waals surface area contributed by atoms with Gasteiger partial charge in [0.05, 0.1) is 9.82 Å². The van der Waals surface area contributed by atoms with E-state index in [9.17, 15) is 18.5 Å². The van der Waals surface area contributed by atoms with E-state index in [1.165, 1.54) is 28.6 Å². The van der Waals surface area contributed by atoms with E-state index in [4.69, 9.17) is 0 Å². The minimum absolute atomic E-state index is 0.103. The highest BCUT2D eigenvalue weighted by Gasteiger charge is 2.40. The van der Waals surface area contributed by atoms with Gasteiger partial charge in [0.25, 0.3) is 5.69 Å². The molecule has 2 heterocycles. The summed E-state index contributed by atoms with van der Waals surface area (Å²) in [5.41, 5.74) is 0.148. The van der Waals surface area contributed by atoms with Gasteiger partial charge < -0.3 is 5.32 Å². The first-order valence-corrected chi connectivity index (χ1v) is 8.82. The number of non-ortho nitro benzene ring substituents is 1. The van der Waals surface area contributed by atoms with E-state index in [1.807, 2.05) is 0 Å². The molecule has 1 spiro atoms. The lowest BCUT2D eigenvalue weighted by Gasteiger charge is -2.38. The molecule has 2 fully saturated rings. The van der Waals surface area contributed by atoms with Crippen molar-refractivity contribution in [2.45, 2.75) is 24.2 Å². The van der Waals surface area contributed by atoms with Crippen LogP contribution in [0.5, 0.6) is 0 Å². The number of nitrogens with one attached hydrogen (secondary N) is 1. The lowest BCUT2D eigenvalue weighted by molar-refractivity contribution is -0.384. The molecule has 0 saturated carbocycles. The average Bonchev–Trinajstić information content (AvgIpc) is 2.96. The topological polar surface area (TPSA) is 92.5 Å². The predicted molar refractivity (Wildman–Crippen MR) is 81.0 cm³/mol. The van der Waals surface area contributed by atoms with E-state index in [0.29, 0.717) is 13.1 Å². The highest BCUT2D eigenvalue weighted by atomic mass is 32.2. The van der Waals surface area contributed by atoms with Crippen LogP contribution in [0.2, 0.25) is 0 Å². The van der Waals surface area contributed by atoms with E-state index < -0.39 is 14.9 Å². The van der Waals surface area contributed by atoms with Gasteiger partial charge >= 0.3 is 0 Å². The lowest BCUT2D eigenvalue weighted by Crippen LogP contribution is -2.43. The number of benzene rings is 1. The fourth-order valence-electron chi connectivity index (χ4n) is 3.31. The van der Waals surface area contributed by atoms with Gasteiger partial charge in [-0.3, -0.25) is 10.1 Å². The number of nitro benzene ring substituents is 1. The number of nitro groups is 1. The van der Waals surface area contributed by atoms with Crippen LogP contribution in [0.25, 0.3) is 0 Å². The number of hydrogen-bond acceptors (Lipinski definition) is 5. The highest BCUT2D eigenvalue weighted by molar-refractivity contribution is 7.89. The Morgan fingerprint density at radius 2 is 1.77 bits per heavy atom. The van der Waals surface area contributed by atoms with Crippen molar-refractivity contribution in [3.8, 4) is 0 Å². The first-order chi connectivity index (χ1) is 10.4. The number of rotatable bonds is 3. The van der Waals surface area contributed by atoms with E-state index in [-0.39, 0.29) is 16.0 Å². The zero-order valence-electron chi connectivity index (χ0n) is 12.2. The predicted octanol–water partition coefficient (Wildman–Crippen LogP) is 1.36. The maximum Gasteiger partial charge on any atom is 0.269 e. The van der Waals surface area contributed by atoms with Crippen molar-refractivity contribution in [1.29, 1.82) is 0 Å². The first-order valence-electron chi connectivity index (χ1n) is 7.38. The van der Waals surface area contributed by atoms with Gasteiger partial charge in [0.2, 0.25) is 10.0 Å². The summed E-state index contributed by atoms with van der Waals surface area (Å²) < 4.78 is 26.7. The maximum absolute atomic E-state index is 12.6. The first kappa shape index (κ1) is 15.4. The summed E-state index contributed by atoms with van der Waals surface area (Å²) in [7, 11) is -3.56. The van der Waals surface area contributed by atoms with Crippen LogP contribution in [-0.2, 0) is 10.0 Å². The van der Waals surface area contributed by atoms with Crippen molar-refractivity contribution in [2.24, 2.45) is 5.41 Å². The number of hydrogen-bond donors (Lipinski definition) is 1.